The highest BCUT2D eigenvalue weighted by atomic mass is 32.2. The molecule has 0 saturated carbocycles. The summed E-state index contributed by atoms with van der Waals surface area (Å²) in [4.78, 5) is 20.1. The van der Waals surface area contributed by atoms with Gasteiger partial charge in [-0.25, -0.2) is 13.4 Å². The Morgan fingerprint density at radius 1 is 1.06 bits per heavy atom. The second-order valence-electron chi connectivity index (χ2n) is 7.17. The molecule has 9 heteroatoms. The normalized spacial score (nSPS) is 11.6. The van der Waals surface area contributed by atoms with E-state index in [0.29, 0.717) is 28.3 Å². The average molecular weight is 451 g/mol. The molecule has 4 aromatic rings. The Kier molecular flexibility index (Phi) is 5.93. The second kappa shape index (κ2) is 8.81. The van der Waals surface area contributed by atoms with Crippen molar-refractivity contribution in [3.8, 4) is 17.1 Å². The number of carbonyl (C=O) groups excluding carboxylic acids is 1. The molecule has 0 aliphatic carbocycles. The summed E-state index contributed by atoms with van der Waals surface area (Å²) in [6.45, 7) is -0.329. The summed E-state index contributed by atoms with van der Waals surface area (Å²) in [7, 11) is -0.957. The first-order valence-electron chi connectivity index (χ1n) is 9.82. The third kappa shape index (κ3) is 4.48. The molecule has 2 N–H and O–H groups in total. The minimum Gasteiger partial charge on any atom is -0.497 e. The second-order valence-corrected chi connectivity index (χ2v) is 9.21. The summed E-state index contributed by atoms with van der Waals surface area (Å²) in [6, 6.07) is 21.0. The van der Waals surface area contributed by atoms with Crippen molar-refractivity contribution in [2.24, 2.45) is 0 Å². The monoisotopic (exact) mass is 450 g/mol. The number of rotatable bonds is 7. The quantitative estimate of drug-likeness (QED) is 0.448. The van der Waals surface area contributed by atoms with Gasteiger partial charge in [0.25, 0.3) is 0 Å². The number of fused-ring (bicyclic) bond motifs is 1. The first kappa shape index (κ1) is 21.5. The van der Waals surface area contributed by atoms with Crippen LogP contribution in [0.2, 0.25) is 0 Å². The molecule has 0 spiro atoms. The van der Waals surface area contributed by atoms with E-state index in [1.54, 1.807) is 37.4 Å². The van der Waals surface area contributed by atoms with Gasteiger partial charge in [-0.1, -0.05) is 30.3 Å². The van der Waals surface area contributed by atoms with Gasteiger partial charge in [0.05, 0.1) is 29.6 Å². The lowest BCUT2D eigenvalue weighted by molar-refractivity contribution is -0.116. The SMILES string of the molecule is COc1ccc(NC(=O)CN(C)S(=O)(=O)c2ccc3nc(-c4ccccc4)[nH]c3c2)cc1. The van der Waals surface area contributed by atoms with Crippen molar-refractivity contribution in [1.29, 1.82) is 0 Å². The summed E-state index contributed by atoms with van der Waals surface area (Å²) in [5, 5.41) is 2.68. The zero-order chi connectivity index (χ0) is 22.7. The molecule has 0 radical (unpaired) electrons. The molecule has 1 heterocycles. The Morgan fingerprint density at radius 2 is 1.78 bits per heavy atom. The molecule has 8 nitrogen and oxygen atoms in total. The number of anilines is 1. The minimum atomic E-state index is -3.88. The first-order valence-corrected chi connectivity index (χ1v) is 11.3. The highest BCUT2D eigenvalue weighted by molar-refractivity contribution is 7.89. The Hall–Kier alpha value is -3.69. The number of nitrogens with zero attached hydrogens (tertiary/aromatic N) is 2. The molecular weight excluding hydrogens is 428 g/mol. The maximum atomic E-state index is 13.0. The van der Waals surface area contributed by atoms with Crippen LogP contribution in [0.4, 0.5) is 5.69 Å². The van der Waals surface area contributed by atoms with Crippen LogP contribution in [0.5, 0.6) is 5.75 Å². The molecule has 164 valence electrons. The van der Waals surface area contributed by atoms with Gasteiger partial charge in [0.2, 0.25) is 15.9 Å². The van der Waals surface area contributed by atoms with Crippen LogP contribution in [-0.2, 0) is 14.8 Å². The number of likely N-dealkylation sites (N-methyl/N-ethyl adjacent to an activating group) is 1. The fourth-order valence-electron chi connectivity index (χ4n) is 3.22. The van der Waals surface area contributed by atoms with Gasteiger partial charge in [0.1, 0.15) is 11.6 Å². The van der Waals surface area contributed by atoms with Crippen LogP contribution in [0.3, 0.4) is 0 Å². The third-order valence-electron chi connectivity index (χ3n) is 4.95. The van der Waals surface area contributed by atoms with Crippen LogP contribution in [-0.4, -0.2) is 49.3 Å². The molecule has 0 atom stereocenters. The van der Waals surface area contributed by atoms with E-state index in [0.717, 1.165) is 9.87 Å². The van der Waals surface area contributed by atoms with E-state index < -0.39 is 15.9 Å². The molecular formula is C23H22N4O4S. The number of imidazole rings is 1. The van der Waals surface area contributed by atoms with Gasteiger partial charge in [0, 0.05) is 18.3 Å². The maximum Gasteiger partial charge on any atom is 0.243 e. The number of ether oxygens (including phenoxy) is 1. The lowest BCUT2D eigenvalue weighted by Crippen LogP contribution is -2.34. The van der Waals surface area contributed by atoms with E-state index in [2.05, 4.69) is 15.3 Å². The number of methoxy groups -OCH3 is 1. The van der Waals surface area contributed by atoms with E-state index in [4.69, 9.17) is 4.74 Å². The van der Waals surface area contributed by atoms with Crippen LogP contribution < -0.4 is 10.1 Å². The predicted octanol–water partition coefficient (Wildman–Crippen LogP) is 3.50. The molecule has 0 fully saturated rings. The van der Waals surface area contributed by atoms with E-state index in [9.17, 15) is 13.2 Å². The molecule has 0 aliphatic heterocycles. The molecule has 0 bridgehead atoms. The van der Waals surface area contributed by atoms with Crippen LogP contribution in [0.15, 0.2) is 77.7 Å². The number of benzene rings is 3. The number of carbonyl (C=O) groups is 1. The number of sulfonamides is 1. The molecule has 0 saturated heterocycles. The van der Waals surface area contributed by atoms with Gasteiger partial charge >= 0.3 is 0 Å². The number of H-pyrrole nitrogens is 1. The largest absolute Gasteiger partial charge is 0.497 e. The fourth-order valence-corrected chi connectivity index (χ4v) is 4.38. The van der Waals surface area contributed by atoms with E-state index >= 15 is 0 Å². The molecule has 0 aliphatic rings. The summed E-state index contributed by atoms with van der Waals surface area (Å²) < 4.78 is 32.1. The van der Waals surface area contributed by atoms with Crippen LogP contribution in [0.25, 0.3) is 22.4 Å². The highest BCUT2D eigenvalue weighted by Crippen LogP contribution is 2.24. The van der Waals surface area contributed by atoms with Crippen molar-refractivity contribution in [3.63, 3.8) is 0 Å². The van der Waals surface area contributed by atoms with Gasteiger partial charge in [-0.3, -0.25) is 4.79 Å². The first-order chi connectivity index (χ1) is 15.4. The van der Waals surface area contributed by atoms with E-state index in [-0.39, 0.29) is 11.4 Å². The zero-order valence-corrected chi connectivity index (χ0v) is 18.4. The van der Waals surface area contributed by atoms with Crippen molar-refractivity contribution in [1.82, 2.24) is 14.3 Å². The Balaban J connectivity index is 1.50. The smallest absolute Gasteiger partial charge is 0.243 e. The number of aromatic amines is 1. The Labute approximate surface area is 185 Å². The van der Waals surface area contributed by atoms with Crippen molar-refractivity contribution in [2.75, 3.05) is 26.0 Å². The van der Waals surface area contributed by atoms with Crippen molar-refractivity contribution in [2.45, 2.75) is 4.90 Å². The Bertz CT molecular complexity index is 1350. The molecule has 0 unspecified atom stereocenters. The lowest BCUT2D eigenvalue weighted by atomic mass is 10.2. The van der Waals surface area contributed by atoms with Crippen molar-refractivity contribution in [3.05, 3.63) is 72.8 Å². The van der Waals surface area contributed by atoms with Crippen molar-refractivity contribution >= 4 is 32.7 Å². The van der Waals surface area contributed by atoms with Gasteiger partial charge in [-0.2, -0.15) is 4.31 Å². The topological polar surface area (TPSA) is 104 Å². The maximum absolute atomic E-state index is 13.0. The summed E-state index contributed by atoms with van der Waals surface area (Å²) >= 11 is 0. The molecule has 1 amide bonds. The average Bonchev–Trinajstić information content (AvgIpc) is 3.23. The zero-order valence-electron chi connectivity index (χ0n) is 17.6. The van der Waals surface area contributed by atoms with Crippen molar-refractivity contribution < 1.29 is 17.9 Å². The van der Waals surface area contributed by atoms with E-state index in [1.807, 2.05) is 30.3 Å². The number of hydrogen-bond acceptors (Lipinski definition) is 5. The van der Waals surface area contributed by atoms with Crippen LogP contribution in [0, 0.1) is 0 Å². The van der Waals surface area contributed by atoms with E-state index in [1.165, 1.54) is 19.2 Å². The summed E-state index contributed by atoms with van der Waals surface area (Å²) in [5.41, 5.74) is 2.71. The van der Waals surface area contributed by atoms with Gasteiger partial charge in [0.15, 0.2) is 0 Å². The summed E-state index contributed by atoms with van der Waals surface area (Å²) in [5.74, 6) is 0.866. The van der Waals surface area contributed by atoms with Gasteiger partial charge in [-0.05, 0) is 42.5 Å². The summed E-state index contributed by atoms with van der Waals surface area (Å²) in [6.07, 6.45) is 0. The fraction of sp³-hybridized carbons (Fsp3) is 0.130. The number of nitrogens with one attached hydrogen (secondary N) is 2. The van der Waals surface area contributed by atoms with Crippen LogP contribution >= 0.6 is 0 Å². The number of amides is 1. The van der Waals surface area contributed by atoms with Gasteiger partial charge < -0.3 is 15.0 Å². The third-order valence-corrected chi connectivity index (χ3v) is 6.75. The van der Waals surface area contributed by atoms with Crippen LogP contribution in [0.1, 0.15) is 0 Å². The number of aromatic nitrogens is 2. The molecule has 4 rings (SSSR count). The molecule has 3 aromatic carbocycles. The minimum absolute atomic E-state index is 0.0769. The number of hydrogen-bond donors (Lipinski definition) is 2. The predicted molar refractivity (Wildman–Crippen MR) is 123 cm³/mol. The molecule has 1 aromatic heterocycles. The van der Waals surface area contributed by atoms with Gasteiger partial charge in [-0.15, -0.1) is 0 Å². The highest BCUT2D eigenvalue weighted by Gasteiger charge is 2.24. The molecule has 32 heavy (non-hydrogen) atoms. The Morgan fingerprint density at radius 3 is 2.47 bits per heavy atom. The lowest BCUT2D eigenvalue weighted by Gasteiger charge is -2.17. The standard InChI is InChI=1S/C23H22N4O4S/c1-27(15-22(28)24-17-8-10-18(31-2)11-9-17)32(29,30)19-12-13-20-21(14-19)26-23(25-20)16-6-4-3-5-7-16/h3-14H,15H2,1-2H3,(H,24,28)(H,25,26).